The van der Waals surface area contributed by atoms with E-state index in [1.54, 1.807) is 0 Å². The summed E-state index contributed by atoms with van der Waals surface area (Å²) in [5.41, 5.74) is 4.02. The summed E-state index contributed by atoms with van der Waals surface area (Å²) >= 11 is 0. The first-order valence-corrected chi connectivity index (χ1v) is 9.98. The fourth-order valence-electron chi connectivity index (χ4n) is 5.66. The predicted molar refractivity (Wildman–Crippen MR) is 103 cm³/mol. The molecule has 0 aromatic heterocycles. The van der Waals surface area contributed by atoms with Gasteiger partial charge in [-0.25, -0.2) is 0 Å². The maximum atomic E-state index is 13.0. The van der Waals surface area contributed by atoms with Crippen LogP contribution in [0.2, 0.25) is 0 Å². The van der Waals surface area contributed by atoms with E-state index in [0.717, 1.165) is 19.3 Å². The molecule has 2 aromatic rings. The molecule has 5 rings (SSSR count). The third-order valence-corrected chi connectivity index (χ3v) is 6.93. The summed E-state index contributed by atoms with van der Waals surface area (Å²) in [5.74, 6) is 1.55. The van der Waals surface area contributed by atoms with Crippen molar-refractivity contribution in [3.8, 4) is 0 Å². The number of fused-ring (bicyclic) bond motifs is 6. The third-order valence-electron chi connectivity index (χ3n) is 6.93. The Hall–Kier alpha value is -1.89. The molecule has 3 aliphatic carbocycles. The van der Waals surface area contributed by atoms with Crippen LogP contribution >= 0.6 is 0 Å². The molecule has 0 saturated heterocycles. The van der Waals surface area contributed by atoms with Crippen LogP contribution in [0.1, 0.15) is 55.7 Å². The van der Waals surface area contributed by atoms with Gasteiger partial charge in [-0.15, -0.1) is 0 Å². The molecular weight excluding hydrogens is 304 g/mol. The highest BCUT2D eigenvalue weighted by atomic mass is 16.1. The van der Waals surface area contributed by atoms with Crippen LogP contribution in [-0.4, -0.2) is 5.78 Å². The van der Waals surface area contributed by atoms with Gasteiger partial charge in [0.2, 0.25) is 0 Å². The average Bonchev–Trinajstić information content (AvgIpc) is 3.24. The van der Waals surface area contributed by atoms with Crippen molar-refractivity contribution in [2.75, 3.05) is 0 Å². The Morgan fingerprint density at radius 3 is 2.76 bits per heavy atom. The molecule has 3 unspecified atom stereocenters. The van der Waals surface area contributed by atoms with Gasteiger partial charge in [0.05, 0.1) is 5.41 Å². The summed E-state index contributed by atoms with van der Waals surface area (Å²) in [6, 6.07) is 11.7. The normalized spacial score (nSPS) is 29.7. The van der Waals surface area contributed by atoms with Gasteiger partial charge in [0.15, 0.2) is 0 Å². The number of hydrogen-bond donors (Lipinski definition) is 0. The highest BCUT2D eigenvalue weighted by Gasteiger charge is 2.55. The molecule has 0 N–H and O–H groups in total. The molecule has 0 radical (unpaired) electrons. The predicted octanol–water partition coefficient (Wildman–Crippen LogP) is 5.53. The van der Waals surface area contributed by atoms with Crippen molar-refractivity contribution in [1.82, 2.24) is 0 Å². The highest BCUT2D eigenvalue weighted by Crippen LogP contribution is 2.57. The van der Waals surface area contributed by atoms with E-state index in [-0.39, 0.29) is 5.41 Å². The quantitative estimate of drug-likeness (QED) is 0.676. The molecule has 3 atom stereocenters. The number of benzene rings is 2. The maximum Gasteiger partial charge on any atom is 0.144 e. The van der Waals surface area contributed by atoms with Crippen LogP contribution in [0.4, 0.5) is 0 Å². The lowest BCUT2D eigenvalue weighted by Crippen LogP contribution is -2.43. The monoisotopic (exact) mass is 330 g/mol. The van der Waals surface area contributed by atoms with Crippen LogP contribution in [0.25, 0.3) is 10.8 Å². The Morgan fingerprint density at radius 2 is 2.00 bits per heavy atom. The minimum Gasteiger partial charge on any atom is -0.299 e. The second-order valence-electron chi connectivity index (χ2n) is 8.38. The van der Waals surface area contributed by atoms with E-state index in [0.29, 0.717) is 17.6 Å². The van der Waals surface area contributed by atoms with Crippen LogP contribution in [0.5, 0.6) is 0 Å². The smallest absolute Gasteiger partial charge is 0.144 e. The zero-order chi connectivity index (χ0) is 17.0. The molecule has 2 bridgehead atoms. The van der Waals surface area contributed by atoms with Gasteiger partial charge < -0.3 is 0 Å². The second-order valence-corrected chi connectivity index (χ2v) is 8.38. The Bertz CT molecular complexity index is 890. The molecule has 2 aromatic carbocycles. The highest BCUT2D eigenvalue weighted by molar-refractivity contribution is 5.96. The number of rotatable bonds is 3. The number of Topliss-reactive ketones (excluding diaryl/α,β-unsaturated/α-hetero) is 1. The molecular formula is C24H26O. The van der Waals surface area contributed by atoms with E-state index in [2.05, 4.69) is 49.4 Å². The van der Waals surface area contributed by atoms with Gasteiger partial charge in [0, 0.05) is 6.42 Å². The zero-order valence-corrected chi connectivity index (χ0v) is 15.1. The topological polar surface area (TPSA) is 17.1 Å². The van der Waals surface area contributed by atoms with Crippen LogP contribution in [0.3, 0.4) is 0 Å². The van der Waals surface area contributed by atoms with Crippen molar-refractivity contribution in [2.24, 2.45) is 11.8 Å². The van der Waals surface area contributed by atoms with E-state index >= 15 is 0 Å². The number of carbonyl (C=O) groups excluding carboxylic acids is 1. The summed E-state index contributed by atoms with van der Waals surface area (Å²) in [5, 5.41) is 2.66. The van der Waals surface area contributed by atoms with Crippen molar-refractivity contribution in [1.29, 1.82) is 0 Å². The molecule has 0 amide bonds. The first kappa shape index (κ1) is 15.4. The van der Waals surface area contributed by atoms with Gasteiger partial charge in [-0.1, -0.05) is 49.8 Å². The summed E-state index contributed by atoms with van der Waals surface area (Å²) in [6.07, 6.45) is 12.2. The number of carbonyl (C=O) groups is 1. The van der Waals surface area contributed by atoms with Crippen molar-refractivity contribution in [3.05, 3.63) is 59.2 Å². The van der Waals surface area contributed by atoms with Crippen molar-refractivity contribution < 1.29 is 4.79 Å². The Kier molecular flexibility index (Phi) is 3.42. The van der Waals surface area contributed by atoms with Gasteiger partial charge in [-0.3, -0.25) is 4.79 Å². The number of hydrogen-bond acceptors (Lipinski definition) is 1. The number of aryl methyl sites for hydroxylation is 2. The zero-order valence-electron chi connectivity index (χ0n) is 15.1. The van der Waals surface area contributed by atoms with Gasteiger partial charge in [0.25, 0.3) is 0 Å². The van der Waals surface area contributed by atoms with Crippen LogP contribution in [0.15, 0.2) is 42.5 Å². The average molecular weight is 330 g/mol. The molecule has 0 heterocycles. The van der Waals surface area contributed by atoms with Gasteiger partial charge in [0.1, 0.15) is 5.78 Å². The summed E-state index contributed by atoms with van der Waals surface area (Å²) in [7, 11) is 0. The molecule has 25 heavy (non-hydrogen) atoms. The van der Waals surface area contributed by atoms with Crippen LogP contribution in [0, 0.1) is 11.8 Å². The SMILES string of the molecule is CCCCc1ccc2cc3c(cc2c1)CCC(=O)C31CC2C=CC1C2. The van der Waals surface area contributed by atoms with Crippen LogP contribution in [-0.2, 0) is 23.1 Å². The van der Waals surface area contributed by atoms with E-state index in [1.807, 2.05) is 0 Å². The molecule has 1 spiro atoms. The lowest BCUT2D eigenvalue weighted by atomic mass is 9.62. The van der Waals surface area contributed by atoms with Crippen molar-refractivity contribution in [2.45, 2.75) is 57.3 Å². The lowest BCUT2D eigenvalue weighted by Gasteiger charge is -2.39. The summed E-state index contributed by atoms with van der Waals surface area (Å²) in [4.78, 5) is 13.0. The minimum atomic E-state index is -0.206. The summed E-state index contributed by atoms with van der Waals surface area (Å²) in [6.45, 7) is 2.25. The molecule has 1 heteroatoms. The molecule has 128 valence electrons. The third kappa shape index (κ3) is 2.18. The fraction of sp³-hybridized carbons (Fsp3) is 0.458. The maximum absolute atomic E-state index is 13.0. The molecule has 1 saturated carbocycles. The first-order chi connectivity index (χ1) is 12.2. The number of ketones is 1. The van der Waals surface area contributed by atoms with Gasteiger partial charge >= 0.3 is 0 Å². The van der Waals surface area contributed by atoms with Crippen LogP contribution < -0.4 is 0 Å². The fourth-order valence-corrected chi connectivity index (χ4v) is 5.66. The molecule has 1 fully saturated rings. The van der Waals surface area contributed by atoms with Crippen molar-refractivity contribution >= 4 is 16.6 Å². The van der Waals surface area contributed by atoms with E-state index in [9.17, 15) is 4.79 Å². The Balaban J connectivity index is 1.64. The largest absolute Gasteiger partial charge is 0.299 e. The number of allylic oxidation sites excluding steroid dienone is 2. The second kappa shape index (κ2) is 5.56. The van der Waals surface area contributed by atoms with E-state index in [4.69, 9.17) is 0 Å². The molecule has 1 nitrogen and oxygen atoms in total. The Morgan fingerprint density at radius 1 is 1.08 bits per heavy atom. The lowest BCUT2D eigenvalue weighted by molar-refractivity contribution is -0.126. The Labute approximate surface area is 150 Å². The molecule has 3 aliphatic rings. The first-order valence-electron chi connectivity index (χ1n) is 9.98. The van der Waals surface area contributed by atoms with E-state index in [1.165, 1.54) is 53.1 Å². The molecule has 0 aliphatic heterocycles. The van der Waals surface area contributed by atoms with E-state index < -0.39 is 0 Å². The van der Waals surface area contributed by atoms with Crippen molar-refractivity contribution in [3.63, 3.8) is 0 Å². The van der Waals surface area contributed by atoms with Gasteiger partial charge in [-0.05, 0) is 77.5 Å². The number of unbranched alkanes of at least 4 members (excludes halogenated alkanes) is 1. The minimum absolute atomic E-state index is 0.206. The standard InChI is InChI=1S/C24H26O/c1-2-3-4-16-5-7-18-14-22-19(13-20(18)11-16)8-10-23(25)24(22)15-17-6-9-21(24)12-17/h5-7,9,11,13-14,17,21H,2-4,8,10,12,15H2,1H3. The summed E-state index contributed by atoms with van der Waals surface area (Å²) < 4.78 is 0. The van der Waals surface area contributed by atoms with Gasteiger partial charge in [-0.2, -0.15) is 0 Å².